The van der Waals surface area contributed by atoms with Gasteiger partial charge in [-0.1, -0.05) is 0 Å². The fourth-order valence-electron chi connectivity index (χ4n) is 0.765. The SMILES string of the molecule is Cc1cnc(NCCC(=O)O)nc1. The first-order chi connectivity index (χ1) is 6.18. The highest BCUT2D eigenvalue weighted by Crippen LogP contribution is 1.97. The van der Waals surface area contributed by atoms with Crippen LogP contribution in [0.3, 0.4) is 0 Å². The molecule has 0 aliphatic rings. The van der Waals surface area contributed by atoms with Crippen molar-refractivity contribution in [3.05, 3.63) is 18.0 Å². The molecule has 5 nitrogen and oxygen atoms in total. The lowest BCUT2D eigenvalue weighted by Crippen LogP contribution is -2.09. The second kappa shape index (κ2) is 4.39. The first kappa shape index (κ1) is 9.44. The fourth-order valence-corrected chi connectivity index (χ4v) is 0.765. The molecule has 70 valence electrons. The number of carbonyl (C=O) groups is 1. The van der Waals surface area contributed by atoms with Crippen molar-refractivity contribution in [3.8, 4) is 0 Å². The van der Waals surface area contributed by atoms with Gasteiger partial charge in [0, 0.05) is 18.9 Å². The number of aromatic nitrogens is 2. The van der Waals surface area contributed by atoms with Gasteiger partial charge in [0.1, 0.15) is 0 Å². The first-order valence-corrected chi connectivity index (χ1v) is 3.93. The molecule has 0 bridgehead atoms. The van der Waals surface area contributed by atoms with Gasteiger partial charge in [0.15, 0.2) is 0 Å². The number of anilines is 1. The predicted molar refractivity (Wildman–Crippen MR) is 47.5 cm³/mol. The zero-order valence-corrected chi connectivity index (χ0v) is 7.32. The van der Waals surface area contributed by atoms with Crippen LogP contribution in [0.15, 0.2) is 12.4 Å². The molecule has 2 N–H and O–H groups in total. The van der Waals surface area contributed by atoms with Gasteiger partial charge >= 0.3 is 5.97 Å². The molecule has 1 aromatic rings. The number of nitrogens with zero attached hydrogens (tertiary/aromatic N) is 2. The molecular formula is C8H11N3O2. The summed E-state index contributed by atoms with van der Waals surface area (Å²) in [5.74, 6) is -0.369. The molecule has 0 saturated heterocycles. The minimum Gasteiger partial charge on any atom is -0.481 e. The van der Waals surface area contributed by atoms with Crippen LogP contribution < -0.4 is 5.32 Å². The van der Waals surface area contributed by atoms with Gasteiger partial charge in [-0.15, -0.1) is 0 Å². The van der Waals surface area contributed by atoms with Crippen molar-refractivity contribution in [2.75, 3.05) is 11.9 Å². The van der Waals surface area contributed by atoms with Crippen molar-refractivity contribution in [2.45, 2.75) is 13.3 Å². The molecule has 0 spiro atoms. The van der Waals surface area contributed by atoms with Gasteiger partial charge in [-0.05, 0) is 12.5 Å². The van der Waals surface area contributed by atoms with Crippen LogP contribution in [0.1, 0.15) is 12.0 Å². The Labute approximate surface area is 75.8 Å². The van der Waals surface area contributed by atoms with Gasteiger partial charge in [-0.3, -0.25) is 4.79 Å². The third-order valence-electron chi connectivity index (χ3n) is 1.40. The number of carboxylic acids is 1. The summed E-state index contributed by atoms with van der Waals surface area (Å²) in [6.07, 6.45) is 3.42. The van der Waals surface area contributed by atoms with Crippen LogP contribution in [0.25, 0.3) is 0 Å². The average molecular weight is 181 g/mol. The highest BCUT2D eigenvalue weighted by atomic mass is 16.4. The summed E-state index contributed by atoms with van der Waals surface area (Å²) in [5.41, 5.74) is 0.976. The predicted octanol–water partition coefficient (Wildman–Crippen LogP) is 0.672. The molecule has 0 radical (unpaired) electrons. The maximum Gasteiger partial charge on any atom is 0.305 e. The van der Waals surface area contributed by atoms with Crippen molar-refractivity contribution < 1.29 is 9.90 Å². The molecule has 5 heteroatoms. The maximum atomic E-state index is 10.2. The molecule has 1 aromatic heterocycles. The first-order valence-electron chi connectivity index (χ1n) is 3.93. The highest BCUT2D eigenvalue weighted by Gasteiger charge is 1.97. The molecule has 1 heterocycles. The second-order valence-electron chi connectivity index (χ2n) is 2.65. The van der Waals surface area contributed by atoms with Crippen molar-refractivity contribution in [3.63, 3.8) is 0 Å². The lowest BCUT2D eigenvalue weighted by atomic mass is 10.4. The minimum absolute atomic E-state index is 0.0667. The van der Waals surface area contributed by atoms with Gasteiger partial charge in [0.05, 0.1) is 6.42 Å². The second-order valence-corrected chi connectivity index (χ2v) is 2.65. The number of aryl methyl sites for hydroxylation is 1. The van der Waals surface area contributed by atoms with Gasteiger partial charge in [-0.2, -0.15) is 0 Å². The largest absolute Gasteiger partial charge is 0.481 e. The van der Waals surface area contributed by atoms with Gasteiger partial charge in [0.2, 0.25) is 5.95 Å². The molecule has 0 fully saturated rings. The summed E-state index contributed by atoms with van der Waals surface area (Å²) in [5, 5.41) is 11.2. The van der Waals surface area contributed by atoms with E-state index >= 15 is 0 Å². The summed E-state index contributed by atoms with van der Waals surface area (Å²) in [4.78, 5) is 18.1. The molecule has 0 saturated carbocycles. The van der Waals surface area contributed by atoms with Gasteiger partial charge < -0.3 is 10.4 Å². The zero-order chi connectivity index (χ0) is 9.68. The van der Waals surface area contributed by atoms with Crippen LogP contribution >= 0.6 is 0 Å². The summed E-state index contributed by atoms with van der Waals surface area (Å²) in [6.45, 7) is 2.24. The van der Waals surface area contributed by atoms with Crippen LogP contribution in [0.2, 0.25) is 0 Å². The Morgan fingerprint density at radius 1 is 1.54 bits per heavy atom. The standard InChI is InChI=1S/C8H11N3O2/c1-6-4-10-8(11-5-6)9-3-2-7(12)13/h4-5H,2-3H2,1H3,(H,12,13)(H,9,10,11). The van der Waals surface area contributed by atoms with Crippen molar-refractivity contribution in [2.24, 2.45) is 0 Å². The molecule has 0 aliphatic heterocycles. The van der Waals surface area contributed by atoms with Crippen molar-refractivity contribution >= 4 is 11.9 Å². The van der Waals surface area contributed by atoms with E-state index in [9.17, 15) is 4.79 Å². The van der Waals surface area contributed by atoms with Crippen LogP contribution in [0.5, 0.6) is 0 Å². The number of hydrogen-bond acceptors (Lipinski definition) is 4. The van der Waals surface area contributed by atoms with E-state index in [0.29, 0.717) is 12.5 Å². The summed E-state index contributed by atoms with van der Waals surface area (Å²) in [7, 11) is 0. The van der Waals surface area contributed by atoms with Crippen LogP contribution in [0, 0.1) is 6.92 Å². The molecule has 0 unspecified atom stereocenters. The van der Waals surface area contributed by atoms with Crippen LogP contribution in [-0.2, 0) is 4.79 Å². The summed E-state index contributed by atoms with van der Waals surface area (Å²) < 4.78 is 0. The monoisotopic (exact) mass is 181 g/mol. The van der Waals surface area contributed by atoms with Gasteiger partial charge in [0.25, 0.3) is 0 Å². The van der Waals surface area contributed by atoms with Crippen molar-refractivity contribution in [1.82, 2.24) is 9.97 Å². The highest BCUT2D eigenvalue weighted by molar-refractivity contribution is 5.67. The Bertz CT molecular complexity index is 284. The molecule has 0 aromatic carbocycles. The smallest absolute Gasteiger partial charge is 0.305 e. The Hall–Kier alpha value is -1.65. The molecule has 1 rings (SSSR count). The van der Waals surface area contributed by atoms with Crippen molar-refractivity contribution in [1.29, 1.82) is 0 Å². The van der Waals surface area contributed by atoms with E-state index < -0.39 is 5.97 Å². The molecule has 0 amide bonds. The molecule has 0 atom stereocenters. The molecule has 0 aliphatic carbocycles. The number of hydrogen-bond donors (Lipinski definition) is 2. The van der Waals surface area contributed by atoms with E-state index in [1.165, 1.54) is 0 Å². The fraction of sp³-hybridized carbons (Fsp3) is 0.375. The third kappa shape index (κ3) is 3.50. The summed E-state index contributed by atoms with van der Waals surface area (Å²) >= 11 is 0. The number of nitrogens with one attached hydrogen (secondary N) is 1. The minimum atomic E-state index is -0.834. The van der Waals surface area contributed by atoms with E-state index in [1.807, 2.05) is 6.92 Å². The molecule has 13 heavy (non-hydrogen) atoms. The van der Waals surface area contributed by atoms with E-state index in [2.05, 4.69) is 15.3 Å². The Kier molecular flexibility index (Phi) is 3.19. The third-order valence-corrected chi connectivity index (χ3v) is 1.40. The van der Waals surface area contributed by atoms with E-state index in [-0.39, 0.29) is 6.42 Å². The number of rotatable bonds is 4. The van der Waals surface area contributed by atoms with E-state index in [4.69, 9.17) is 5.11 Å². The normalized spacial score (nSPS) is 9.62. The Morgan fingerprint density at radius 3 is 2.69 bits per heavy atom. The quantitative estimate of drug-likeness (QED) is 0.714. The Morgan fingerprint density at radius 2 is 2.15 bits per heavy atom. The maximum absolute atomic E-state index is 10.2. The zero-order valence-electron chi connectivity index (χ0n) is 7.32. The average Bonchev–Trinajstić information content (AvgIpc) is 2.08. The number of aliphatic carboxylic acids is 1. The van der Waals surface area contributed by atoms with E-state index in [0.717, 1.165) is 5.56 Å². The van der Waals surface area contributed by atoms with E-state index in [1.54, 1.807) is 12.4 Å². The lowest BCUT2D eigenvalue weighted by molar-refractivity contribution is -0.136. The Balaban J connectivity index is 2.37. The van der Waals surface area contributed by atoms with Crippen LogP contribution in [0.4, 0.5) is 5.95 Å². The topological polar surface area (TPSA) is 75.1 Å². The van der Waals surface area contributed by atoms with Crippen LogP contribution in [-0.4, -0.2) is 27.6 Å². The number of carboxylic acid groups (broad SMARTS) is 1. The lowest BCUT2D eigenvalue weighted by Gasteiger charge is -2.01. The molecular weight excluding hydrogens is 170 g/mol. The summed E-state index contributed by atoms with van der Waals surface area (Å²) in [6, 6.07) is 0. The van der Waals surface area contributed by atoms with Gasteiger partial charge in [-0.25, -0.2) is 9.97 Å².